The zero-order valence-electron chi connectivity index (χ0n) is 14.4. The van der Waals surface area contributed by atoms with Crippen LogP contribution in [0.2, 0.25) is 0 Å². The molecule has 0 saturated carbocycles. The first-order chi connectivity index (χ1) is 11.4. The van der Waals surface area contributed by atoms with E-state index in [0.717, 1.165) is 13.1 Å². The van der Waals surface area contributed by atoms with Crippen molar-refractivity contribution in [2.75, 3.05) is 39.4 Å². The second-order valence-corrected chi connectivity index (χ2v) is 6.80. The highest BCUT2D eigenvalue weighted by atomic mass is 19.1. The zero-order chi connectivity index (χ0) is 17.6. The van der Waals surface area contributed by atoms with Crippen molar-refractivity contribution in [1.29, 1.82) is 0 Å². The van der Waals surface area contributed by atoms with Gasteiger partial charge in [-0.15, -0.1) is 0 Å². The molecule has 2 N–H and O–H groups in total. The van der Waals surface area contributed by atoms with E-state index < -0.39 is 5.60 Å². The molecule has 6 heteroatoms. The smallest absolute Gasteiger partial charge is 0.223 e. The summed E-state index contributed by atoms with van der Waals surface area (Å²) in [4.78, 5) is 14.3. The topological polar surface area (TPSA) is 61.8 Å². The minimum absolute atomic E-state index is 0.171. The van der Waals surface area contributed by atoms with Gasteiger partial charge in [0.2, 0.25) is 5.91 Å². The van der Waals surface area contributed by atoms with Crippen molar-refractivity contribution in [1.82, 2.24) is 10.2 Å². The van der Waals surface area contributed by atoms with Crippen LogP contribution in [0.3, 0.4) is 0 Å². The number of hydrogen-bond donors (Lipinski definition) is 2. The van der Waals surface area contributed by atoms with Crippen LogP contribution in [0.25, 0.3) is 0 Å². The highest BCUT2D eigenvalue weighted by Crippen LogP contribution is 2.13. The lowest BCUT2D eigenvalue weighted by Crippen LogP contribution is -2.51. The van der Waals surface area contributed by atoms with Crippen molar-refractivity contribution < 1.29 is 19.0 Å². The van der Waals surface area contributed by atoms with Gasteiger partial charge < -0.3 is 15.2 Å². The van der Waals surface area contributed by atoms with Gasteiger partial charge in [0.25, 0.3) is 0 Å². The number of hydrogen-bond acceptors (Lipinski definition) is 4. The van der Waals surface area contributed by atoms with E-state index in [1.165, 1.54) is 6.07 Å². The summed E-state index contributed by atoms with van der Waals surface area (Å²) in [7, 11) is 0. The number of amides is 1. The quantitative estimate of drug-likeness (QED) is 0.784. The molecular formula is C18H27FN2O3. The van der Waals surface area contributed by atoms with Crippen LogP contribution in [0, 0.1) is 11.7 Å². The van der Waals surface area contributed by atoms with Crippen LogP contribution < -0.4 is 5.32 Å². The van der Waals surface area contributed by atoms with Gasteiger partial charge in [-0.3, -0.25) is 9.69 Å². The van der Waals surface area contributed by atoms with Gasteiger partial charge in [0.1, 0.15) is 5.82 Å². The zero-order valence-corrected chi connectivity index (χ0v) is 14.4. The average molecular weight is 338 g/mol. The minimum Gasteiger partial charge on any atom is -0.387 e. The molecular weight excluding hydrogens is 311 g/mol. The van der Waals surface area contributed by atoms with E-state index in [4.69, 9.17) is 4.74 Å². The third-order valence-corrected chi connectivity index (χ3v) is 4.24. The molecule has 0 aliphatic carbocycles. The van der Waals surface area contributed by atoms with Gasteiger partial charge in [-0.05, 0) is 25.0 Å². The highest BCUT2D eigenvalue weighted by molar-refractivity contribution is 5.78. The van der Waals surface area contributed by atoms with Crippen molar-refractivity contribution in [3.05, 3.63) is 35.6 Å². The number of benzene rings is 1. The largest absolute Gasteiger partial charge is 0.387 e. The maximum atomic E-state index is 13.7. The normalized spacial score (nSPS) is 19.5. The maximum absolute atomic E-state index is 13.7. The molecule has 1 fully saturated rings. The lowest BCUT2D eigenvalue weighted by molar-refractivity contribution is -0.126. The number of rotatable bonds is 7. The fourth-order valence-corrected chi connectivity index (χ4v) is 2.84. The Balaban J connectivity index is 1.79. The Morgan fingerprint density at radius 1 is 1.42 bits per heavy atom. The molecule has 0 bridgehead atoms. The summed E-state index contributed by atoms with van der Waals surface area (Å²) in [6.07, 6.45) is 0.337. The van der Waals surface area contributed by atoms with Gasteiger partial charge in [-0.2, -0.15) is 0 Å². The van der Waals surface area contributed by atoms with Gasteiger partial charge in [0.05, 0.1) is 18.8 Å². The standard InChI is InChI=1S/C18H27FN2O3/c1-14(11-15-5-3-4-6-16(15)19)17(22)20-12-18(2,23)13-21-7-9-24-10-8-21/h3-6,14,23H,7-13H2,1-2H3,(H,20,22). The van der Waals surface area contributed by atoms with Crippen LogP contribution in [0.1, 0.15) is 19.4 Å². The molecule has 2 atom stereocenters. The van der Waals surface area contributed by atoms with Crippen LogP contribution in [0.4, 0.5) is 4.39 Å². The molecule has 1 aromatic rings. The van der Waals surface area contributed by atoms with Crippen molar-refractivity contribution in [2.45, 2.75) is 25.9 Å². The summed E-state index contributed by atoms with van der Waals surface area (Å²) in [6.45, 7) is 7.04. The summed E-state index contributed by atoms with van der Waals surface area (Å²) >= 11 is 0. The second-order valence-electron chi connectivity index (χ2n) is 6.80. The monoisotopic (exact) mass is 338 g/mol. The van der Waals surface area contributed by atoms with E-state index in [0.29, 0.717) is 31.7 Å². The number of aliphatic hydroxyl groups is 1. The SMILES string of the molecule is CC(Cc1ccccc1F)C(=O)NCC(C)(O)CN1CCOCC1. The van der Waals surface area contributed by atoms with E-state index in [-0.39, 0.29) is 24.2 Å². The number of nitrogens with zero attached hydrogens (tertiary/aromatic N) is 1. The minimum atomic E-state index is -1.01. The van der Waals surface area contributed by atoms with Crippen molar-refractivity contribution in [2.24, 2.45) is 5.92 Å². The highest BCUT2D eigenvalue weighted by Gasteiger charge is 2.26. The number of carbonyl (C=O) groups is 1. The molecule has 1 heterocycles. The van der Waals surface area contributed by atoms with E-state index in [1.807, 2.05) is 0 Å². The van der Waals surface area contributed by atoms with Gasteiger partial charge in [0, 0.05) is 32.1 Å². The van der Waals surface area contributed by atoms with Gasteiger partial charge >= 0.3 is 0 Å². The molecule has 24 heavy (non-hydrogen) atoms. The molecule has 0 radical (unpaired) electrons. The summed E-state index contributed by atoms with van der Waals surface area (Å²) in [5.74, 6) is -0.835. The first-order valence-electron chi connectivity index (χ1n) is 8.41. The van der Waals surface area contributed by atoms with Crippen LogP contribution in [-0.4, -0.2) is 60.9 Å². The second kappa shape index (κ2) is 8.55. The predicted octanol–water partition coefficient (Wildman–Crippen LogP) is 1.20. The summed E-state index contributed by atoms with van der Waals surface area (Å²) < 4.78 is 18.9. The number of carbonyl (C=O) groups excluding carboxylic acids is 1. The third-order valence-electron chi connectivity index (χ3n) is 4.24. The van der Waals surface area contributed by atoms with Crippen LogP contribution in [0.5, 0.6) is 0 Å². The summed E-state index contributed by atoms with van der Waals surface area (Å²) in [5, 5.41) is 13.3. The van der Waals surface area contributed by atoms with Gasteiger partial charge in [-0.25, -0.2) is 4.39 Å². The molecule has 1 saturated heterocycles. The fourth-order valence-electron chi connectivity index (χ4n) is 2.84. The van der Waals surface area contributed by atoms with Crippen molar-refractivity contribution >= 4 is 5.91 Å². The molecule has 1 aromatic carbocycles. The van der Waals surface area contributed by atoms with Gasteiger partial charge in [0.15, 0.2) is 0 Å². The van der Waals surface area contributed by atoms with Crippen LogP contribution in [0.15, 0.2) is 24.3 Å². The first-order valence-corrected chi connectivity index (χ1v) is 8.41. The molecule has 1 aliphatic rings. The Morgan fingerprint density at radius 2 is 2.08 bits per heavy atom. The Kier molecular flexibility index (Phi) is 6.71. The van der Waals surface area contributed by atoms with E-state index in [9.17, 15) is 14.3 Å². The van der Waals surface area contributed by atoms with Crippen LogP contribution >= 0.6 is 0 Å². The molecule has 2 rings (SSSR count). The maximum Gasteiger partial charge on any atom is 0.223 e. The van der Waals surface area contributed by atoms with E-state index in [1.54, 1.807) is 32.0 Å². The number of β-amino-alcohol motifs (C(OH)–C–C–N with tert-alkyl or cyclic N) is 1. The molecule has 1 amide bonds. The molecule has 5 nitrogen and oxygen atoms in total. The Morgan fingerprint density at radius 3 is 2.75 bits per heavy atom. The Bertz CT molecular complexity index is 545. The Labute approximate surface area is 142 Å². The lowest BCUT2D eigenvalue weighted by Gasteiger charge is -2.34. The van der Waals surface area contributed by atoms with E-state index in [2.05, 4.69) is 10.2 Å². The average Bonchev–Trinajstić information content (AvgIpc) is 2.55. The third kappa shape index (κ3) is 5.85. The molecule has 1 aliphatic heterocycles. The molecule has 0 spiro atoms. The number of halogens is 1. The molecule has 0 aromatic heterocycles. The molecule has 134 valence electrons. The number of nitrogens with one attached hydrogen (secondary N) is 1. The van der Waals surface area contributed by atoms with Crippen molar-refractivity contribution in [3.63, 3.8) is 0 Å². The first kappa shape index (κ1) is 18.8. The number of morpholine rings is 1. The molecule has 2 unspecified atom stereocenters. The number of ether oxygens (including phenoxy) is 1. The van der Waals surface area contributed by atoms with E-state index >= 15 is 0 Å². The summed E-state index contributed by atoms with van der Waals surface area (Å²) in [5.41, 5.74) is -0.481. The van der Waals surface area contributed by atoms with Crippen LogP contribution in [-0.2, 0) is 16.0 Å². The lowest BCUT2D eigenvalue weighted by atomic mass is 9.99. The fraction of sp³-hybridized carbons (Fsp3) is 0.611. The van der Waals surface area contributed by atoms with Gasteiger partial charge in [-0.1, -0.05) is 25.1 Å². The Hall–Kier alpha value is -1.50. The predicted molar refractivity (Wildman–Crippen MR) is 90.2 cm³/mol. The summed E-state index contributed by atoms with van der Waals surface area (Å²) in [6, 6.07) is 6.48. The van der Waals surface area contributed by atoms with Crippen molar-refractivity contribution in [3.8, 4) is 0 Å².